The van der Waals surface area contributed by atoms with Crippen LogP contribution in [0.4, 0.5) is 10.1 Å². The van der Waals surface area contributed by atoms with Crippen molar-refractivity contribution in [1.29, 1.82) is 0 Å². The standard InChI is InChI=1S/C14H16FN3O/c1-8-7-10(15)5-6-11(8)18-14(19)12(16)13(17(18)2)9-3-4-9/h5-7,9H,3-4,16H2,1-2H3. The molecule has 1 aromatic carbocycles. The molecule has 0 saturated heterocycles. The summed E-state index contributed by atoms with van der Waals surface area (Å²) in [6.45, 7) is 1.78. The number of benzene rings is 1. The summed E-state index contributed by atoms with van der Waals surface area (Å²) in [5, 5.41) is 0. The van der Waals surface area contributed by atoms with E-state index in [0.717, 1.165) is 18.5 Å². The normalized spacial score (nSPS) is 14.9. The summed E-state index contributed by atoms with van der Waals surface area (Å²) in [6, 6.07) is 4.39. The zero-order valence-corrected chi connectivity index (χ0v) is 11.0. The van der Waals surface area contributed by atoms with Crippen LogP contribution in [0.5, 0.6) is 0 Å². The van der Waals surface area contributed by atoms with Crippen LogP contribution in [-0.4, -0.2) is 9.36 Å². The molecule has 100 valence electrons. The highest BCUT2D eigenvalue weighted by Crippen LogP contribution is 2.42. The van der Waals surface area contributed by atoms with Gasteiger partial charge in [-0.15, -0.1) is 0 Å². The SMILES string of the molecule is Cc1cc(F)ccc1-n1c(=O)c(N)c(C2CC2)n1C. The Morgan fingerprint density at radius 3 is 2.63 bits per heavy atom. The summed E-state index contributed by atoms with van der Waals surface area (Å²) in [4.78, 5) is 12.3. The molecule has 0 spiro atoms. The lowest BCUT2D eigenvalue weighted by Crippen LogP contribution is -2.21. The summed E-state index contributed by atoms with van der Waals surface area (Å²) >= 11 is 0. The Kier molecular flexibility index (Phi) is 2.52. The number of aryl methyl sites for hydroxylation is 1. The van der Waals surface area contributed by atoms with Crippen LogP contribution in [0.1, 0.15) is 30.0 Å². The molecule has 2 aromatic rings. The molecular weight excluding hydrogens is 245 g/mol. The number of aromatic nitrogens is 2. The Hall–Kier alpha value is -2.04. The minimum absolute atomic E-state index is 0.223. The van der Waals surface area contributed by atoms with Gasteiger partial charge in [-0.25, -0.2) is 9.07 Å². The first kappa shape index (κ1) is 12.0. The molecule has 1 aliphatic rings. The molecule has 0 unspecified atom stereocenters. The van der Waals surface area contributed by atoms with Crippen molar-refractivity contribution in [3.63, 3.8) is 0 Å². The maximum atomic E-state index is 13.2. The number of anilines is 1. The van der Waals surface area contributed by atoms with Crippen molar-refractivity contribution in [2.75, 3.05) is 5.73 Å². The van der Waals surface area contributed by atoms with E-state index in [2.05, 4.69) is 0 Å². The molecule has 1 heterocycles. The zero-order valence-electron chi connectivity index (χ0n) is 11.0. The lowest BCUT2D eigenvalue weighted by molar-refractivity contribution is 0.605. The Bertz CT molecular complexity index is 710. The third-order valence-electron chi connectivity index (χ3n) is 3.70. The summed E-state index contributed by atoms with van der Waals surface area (Å²) in [6.07, 6.45) is 2.15. The topological polar surface area (TPSA) is 52.9 Å². The van der Waals surface area contributed by atoms with E-state index in [0.29, 0.717) is 22.9 Å². The number of hydrogen-bond donors (Lipinski definition) is 1. The van der Waals surface area contributed by atoms with Crippen molar-refractivity contribution in [2.45, 2.75) is 25.7 Å². The van der Waals surface area contributed by atoms with E-state index in [-0.39, 0.29) is 11.4 Å². The number of rotatable bonds is 2. The Labute approximate surface area is 110 Å². The second kappa shape index (κ2) is 3.98. The van der Waals surface area contributed by atoms with E-state index in [1.807, 2.05) is 7.05 Å². The number of nitrogen functional groups attached to an aromatic ring is 1. The average molecular weight is 261 g/mol. The Balaban J connectivity index is 2.25. The van der Waals surface area contributed by atoms with Crippen LogP contribution >= 0.6 is 0 Å². The molecule has 19 heavy (non-hydrogen) atoms. The fourth-order valence-electron chi connectivity index (χ4n) is 2.61. The number of nitrogens with two attached hydrogens (primary N) is 1. The smallest absolute Gasteiger partial charge is 0.294 e. The van der Waals surface area contributed by atoms with Gasteiger partial charge in [-0.05, 0) is 43.5 Å². The van der Waals surface area contributed by atoms with Crippen LogP contribution in [0.3, 0.4) is 0 Å². The van der Waals surface area contributed by atoms with E-state index in [1.165, 1.54) is 16.8 Å². The van der Waals surface area contributed by atoms with Gasteiger partial charge in [0.05, 0.1) is 11.4 Å². The summed E-state index contributed by atoms with van der Waals surface area (Å²) in [5.74, 6) is 0.0820. The van der Waals surface area contributed by atoms with Gasteiger partial charge in [-0.3, -0.25) is 9.48 Å². The van der Waals surface area contributed by atoms with Crippen LogP contribution < -0.4 is 11.3 Å². The lowest BCUT2D eigenvalue weighted by Gasteiger charge is -2.12. The van der Waals surface area contributed by atoms with Gasteiger partial charge >= 0.3 is 0 Å². The summed E-state index contributed by atoms with van der Waals surface area (Å²) < 4.78 is 16.5. The highest BCUT2D eigenvalue weighted by molar-refractivity contribution is 5.50. The predicted octanol–water partition coefficient (Wildman–Crippen LogP) is 2.08. The van der Waals surface area contributed by atoms with Gasteiger partial charge in [0.25, 0.3) is 5.56 Å². The van der Waals surface area contributed by atoms with Crippen molar-refractivity contribution >= 4 is 5.69 Å². The fraction of sp³-hybridized carbons (Fsp3) is 0.357. The fourth-order valence-corrected chi connectivity index (χ4v) is 2.61. The maximum Gasteiger partial charge on any atom is 0.294 e. The molecule has 0 bridgehead atoms. The van der Waals surface area contributed by atoms with Crippen LogP contribution in [0.25, 0.3) is 5.69 Å². The lowest BCUT2D eigenvalue weighted by atomic mass is 10.2. The third kappa shape index (κ3) is 1.77. The number of nitrogens with zero attached hydrogens (tertiary/aromatic N) is 2. The maximum absolute atomic E-state index is 13.2. The van der Waals surface area contributed by atoms with Crippen molar-refractivity contribution in [3.8, 4) is 5.69 Å². The molecule has 3 rings (SSSR count). The molecule has 1 aromatic heterocycles. The van der Waals surface area contributed by atoms with E-state index in [1.54, 1.807) is 17.7 Å². The van der Waals surface area contributed by atoms with Gasteiger partial charge in [0.15, 0.2) is 0 Å². The number of halogens is 1. The van der Waals surface area contributed by atoms with Gasteiger partial charge in [0.2, 0.25) is 0 Å². The average Bonchev–Trinajstić information content (AvgIpc) is 3.13. The van der Waals surface area contributed by atoms with Crippen LogP contribution in [0, 0.1) is 12.7 Å². The van der Waals surface area contributed by atoms with Crippen LogP contribution in [0.2, 0.25) is 0 Å². The summed E-state index contributed by atoms with van der Waals surface area (Å²) in [5.41, 5.74) is 8.31. The molecule has 2 N–H and O–H groups in total. The summed E-state index contributed by atoms with van der Waals surface area (Å²) in [7, 11) is 1.83. The predicted molar refractivity (Wildman–Crippen MR) is 72.1 cm³/mol. The largest absolute Gasteiger partial charge is 0.393 e. The number of hydrogen-bond acceptors (Lipinski definition) is 2. The first-order valence-corrected chi connectivity index (χ1v) is 6.34. The molecule has 1 aliphatic carbocycles. The quantitative estimate of drug-likeness (QED) is 0.900. The second-order valence-electron chi connectivity index (χ2n) is 5.14. The molecule has 4 nitrogen and oxygen atoms in total. The second-order valence-corrected chi connectivity index (χ2v) is 5.14. The van der Waals surface area contributed by atoms with E-state index in [4.69, 9.17) is 5.73 Å². The molecule has 0 radical (unpaired) electrons. The highest BCUT2D eigenvalue weighted by atomic mass is 19.1. The van der Waals surface area contributed by atoms with Crippen molar-refractivity contribution < 1.29 is 4.39 Å². The van der Waals surface area contributed by atoms with Crippen LogP contribution in [-0.2, 0) is 7.05 Å². The molecule has 0 amide bonds. The first-order valence-electron chi connectivity index (χ1n) is 6.34. The van der Waals surface area contributed by atoms with Gasteiger partial charge in [-0.1, -0.05) is 0 Å². The molecule has 1 fully saturated rings. The van der Waals surface area contributed by atoms with Gasteiger partial charge in [0.1, 0.15) is 11.5 Å². The van der Waals surface area contributed by atoms with E-state index in [9.17, 15) is 9.18 Å². The minimum Gasteiger partial charge on any atom is -0.393 e. The van der Waals surface area contributed by atoms with Crippen molar-refractivity contribution in [2.24, 2.45) is 7.05 Å². The zero-order chi connectivity index (χ0) is 13.7. The minimum atomic E-state index is -0.307. The van der Waals surface area contributed by atoms with Crippen molar-refractivity contribution in [1.82, 2.24) is 9.36 Å². The van der Waals surface area contributed by atoms with Gasteiger partial charge in [0, 0.05) is 13.0 Å². The first-order chi connectivity index (χ1) is 9.00. The van der Waals surface area contributed by atoms with Crippen LogP contribution in [0.15, 0.2) is 23.0 Å². The van der Waals surface area contributed by atoms with Gasteiger partial charge in [-0.2, -0.15) is 0 Å². The monoisotopic (exact) mass is 261 g/mol. The van der Waals surface area contributed by atoms with Crippen molar-refractivity contribution in [3.05, 3.63) is 45.6 Å². The molecule has 5 heteroatoms. The highest BCUT2D eigenvalue weighted by Gasteiger charge is 2.31. The Morgan fingerprint density at radius 1 is 1.37 bits per heavy atom. The molecule has 1 saturated carbocycles. The van der Waals surface area contributed by atoms with E-state index >= 15 is 0 Å². The molecule has 0 atom stereocenters. The third-order valence-corrected chi connectivity index (χ3v) is 3.70. The Morgan fingerprint density at radius 2 is 2.05 bits per heavy atom. The van der Waals surface area contributed by atoms with Gasteiger partial charge < -0.3 is 5.73 Å². The van der Waals surface area contributed by atoms with E-state index < -0.39 is 0 Å². The molecule has 0 aliphatic heterocycles. The molecular formula is C14H16FN3O.